The second-order valence-corrected chi connectivity index (χ2v) is 7.16. The molecule has 0 saturated heterocycles. The molecule has 0 atom stereocenters. The third-order valence-corrected chi connectivity index (χ3v) is 4.49. The van der Waals surface area contributed by atoms with E-state index in [1.165, 1.54) is 0 Å². The van der Waals surface area contributed by atoms with Crippen LogP contribution in [0.5, 0.6) is 11.6 Å². The van der Waals surface area contributed by atoms with E-state index in [4.69, 9.17) is 4.74 Å². The molecule has 0 unspecified atom stereocenters. The molecule has 0 saturated carbocycles. The van der Waals surface area contributed by atoms with Gasteiger partial charge in [0.2, 0.25) is 5.88 Å². The Morgan fingerprint density at radius 3 is 2.23 bits per heavy atom. The quantitative estimate of drug-likeness (QED) is 0.499. The van der Waals surface area contributed by atoms with Crippen LogP contribution >= 0.6 is 0 Å². The van der Waals surface area contributed by atoms with Gasteiger partial charge in [-0.3, -0.25) is 4.79 Å². The normalized spacial score (nSPS) is 10.6. The Balaban J connectivity index is 1.47. The van der Waals surface area contributed by atoms with Crippen LogP contribution in [0.1, 0.15) is 27.3 Å². The third kappa shape index (κ3) is 4.55. The highest BCUT2D eigenvalue weighted by molar-refractivity contribution is 6.04. The molecule has 0 bridgehead atoms. The lowest BCUT2D eigenvalue weighted by Crippen LogP contribution is -2.12. The molecule has 1 amide bonds. The lowest BCUT2D eigenvalue weighted by atomic mass is 10.1. The van der Waals surface area contributed by atoms with E-state index in [0.717, 1.165) is 16.9 Å². The Morgan fingerprint density at radius 1 is 0.900 bits per heavy atom. The highest BCUT2D eigenvalue weighted by Crippen LogP contribution is 2.23. The van der Waals surface area contributed by atoms with Crippen molar-refractivity contribution >= 4 is 11.6 Å². The summed E-state index contributed by atoms with van der Waals surface area (Å²) in [6.07, 6.45) is 3.83. The van der Waals surface area contributed by atoms with Crippen LogP contribution in [0.3, 0.4) is 0 Å². The summed E-state index contributed by atoms with van der Waals surface area (Å²) in [5, 5.41) is 2.92. The van der Waals surface area contributed by atoms with Crippen molar-refractivity contribution in [2.75, 3.05) is 5.32 Å². The lowest BCUT2D eigenvalue weighted by molar-refractivity contribution is 0.102. The van der Waals surface area contributed by atoms with Gasteiger partial charge >= 0.3 is 0 Å². The number of aryl methyl sites for hydroxylation is 3. The Hall–Kier alpha value is -3.93. The lowest BCUT2D eigenvalue weighted by Gasteiger charge is -2.10. The van der Waals surface area contributed by atoms with E-state index in [1.807, 2.05) is 68.1 Å². The molecular weight excluding hydrogens is 376 g/mol. The van der Waals surface area contributed by atoms with Gasteiger partial charge in [-0.2, -0.15) is 4.98 Å². The van der Waals surface area contributed by atoms with Gasteiger partial charge in [0.1, 0.15) is 17.4 Å². The average molecular weight is 398 g/mol. The zero-order chi connectivity index (χ0) is 21.1. The van der Waals surface area contributed by atoms with Crippen LogP contribution in [-0.2, 0) is 0 Å². The van der Waals surface area contributed by atoms with Gasteiger partial charge < -0.3 is 14.6 Å². The van der Waals surface area contributed by atoms with Crippen LogP contribution < -0.4 is 10.1 Å². The monoisotopic (exact) mass is 398 g/mol. The van der Waals surface area contributed by atoms with E-state index >= 15 is 0 Å². The molecule has 0 aliphatic rings. The topological polar surface area (TPSA) is 69.0 Å². The maximum atomic E-state index is 12.5. The molecule has 2 heterocycles. The first-order chi connectivity index (χ1) is 14.5. The molecule has 0 aliphatic heterocycles. The molecule has 1 N–H and O–H groups in total. The molecule has 6 heteroatoms. The molecule has 0 fully saturated rings. The minimum absolute atomic E-state index is 0.141. The van der Waals surface area contributed by atoms with Gasteiger partial charge in [0, 0.05) is 29.7 Å². The maximum Gasteiger partial charge on any atom is 0.255 e. The van der Waals surface area contributed by atoms with Crippen molar-refractivity contribution in [1.82, 2.24) is 14.5 Å². The highest BCUT2D eigenvalue weighted by Gasteiger charge is 2.09. The summed E-state index contributed by atoms with van der Waals surface area (Å²) in [6, 6.07) is 18.6. The van der Waals surface area contributed by atoms with E-state index in [1.54, 1.807) is 30.3 Å². The summed E-state index contributed by atoms with van der Waals surface area (Å²) >= 11 is 0. The summed E-state index contributed by atoms with van der Waals surface area (Å²) < 4.78 is 7.79. The molecule has 0 radical (unpaired) electrons. The van der Waals surface area contributed by atoms with Crippen molar-refractivity contribution in [3.05, 3.63) is 95.6 Å². The standard InChI is InChI=1S/C24H22N4O2/c1-16-12-17(2)14-19(13-16)24(29)27-20-6-8-21(9-7-20)30-23-15-22(25-18(3)26-23)28-10-4-5-11-28/h4-15H,1-3H3,(H,27,29). The van der Waals surface area contributed by atoms with Crippen molar-refractivity contribution in [3.8, 4) is 17.4 Å². The molecule has 4 rings (SSSR count). The van der Waals surface area contributed by atoms with Gasteiger partial charge in [-0.05, 0) is 69.3 Å². The van der Waals surface area contributed by atoms with Crippen LogP contribution in [0.15, 0.2) is 73.1 Å². The first-order valence-corrected chi connectivity index (χ1v) is 9.63. The number of hydrogen-bond donors (Lipinski definition) is 1. The molecule has 30 heavy (non-hydrogen) atoms. The SMILES string of the molecule is Cc1cc(C)cc(C(=O)Nc2ccc(Oc3cc(-n4cccc4)nc(C)n3)cc2)c1. The Bertz CT molecular complexity index is 1160. The van der Waals surface area contributed by atoms with Crippen LogP contribution in [0.2, 0.25) is 0 Å². The molecule has 4 aromatic rings. The number of nitrogens with zero attached hydrogens (tertiary/aromatic N) is 3. The fraction of sp³-hybridized carbons (Fsp3) is 0.125. The minimum Gasteiger partial charge on any atom is -0.439 e. The largest absolute Gasteiger partial charge is 0.439 e. The van der Waals surface area contributed by atoms with Crippen LogP contribution in [0, 0.1) is 20.8 Å². The number of aromatic nitrogens is 3. The molecule has 0 aliphatic carbocycles. The van der Waals surface area contributed by atoms with Crippen LogP contribution in [0.25, 0.3) is 5.82 Å². The van der Waals surface area contributed by atoms with Crippen molar-refractivity contribution in [1.29, 1.82) is 0 Å². The second-order valence-electron chi connectivity index (χ2n) is 7.16. The average Bonchev–Trinajstić information content (AvgIpc) is 3.23. The zero-order valence-electron chi connectivity index (χ0n) is 17.1. The van der Waals surface area contributed by atoms with Gasteiger partial charge in [-0.1, -0.05) is 17.2 Å². The molecular formula is C24H22N4O2. The molecule has 2 aromatic carbocycles. The number of nitrogens with one attached hydrogen (secondary N) is 1. The van der Waals surface area contributed by atoms with Crippen molar-refractivity contribution in [2.24, 2.45) is 0 Å². The Labute approximate surface area is 175 Å². The first-order valence-electron chi connectivity index (χ1n) is 9.63. The van der Waals surface area contributed by atoms with Crippen molar-refractivity contribution in [3.63, 3.8) is 0 Å². The van der Waals surface area contributed by atoms with Gasteiger partial charge in [-0.25, -0.2) is 4.98 Å². The van der Waals surface area contributed by atoms with Gasteiger partial charge in [-0.15, -0.1) is 0 Å². The molecule has 0 spiro atoms. The van der Waals surface area contributed by atoms with E-state index in [9.17, 15) is 4.79 Å². The predicted octanol–water partition coefficient (Wildman–Crippen LogP) is 5.24. The fourth-order valence-corrected chi connectivity index (χ4v) is 3.23. The zero-order valence-corrected chi connectivity index (χ0v) is 17.1. The molecule has 2 aromatic heterocycles. The number of carbonyl (C=O) groups excluding carboxylic acids is 1. The summed E-state index contributed by atoms with van der Waals surface area (Å²) in [6.45, 7) is 5.78. The van der Waals surface area contributed by atoms with Gasteiger partial charge in [0.15, 0.2) is 0 Å². The molecule has 6 nitrogen and oxygen atoms in total. The summed E-state index contributed by atoms with van der Waals surface area (Å²) in [4.78, 5) is 21.3. The number of carbonyl (C=O) groups is 1. The van der Waals surface area contributed by atoms with Crippen LogP contribution in [-0.4, -0.2) is 20.4 Å². The second kappa shape index (κ2) is 8.21. The first kappa shape index (κ1) is 19.4. The predicted molar refractivity (Wildman–Crippen MR) is 116 cm³/mol. The third-order valence-electron chi connectivity index (χ3n) is 4.49. The van der Waals surface area contributed by atoms with E-state index in [0.29, 0.717) is 28.7 Å². The fourth-order valence-electron chi connectivity index (χ4n) is 3.23. The van der Waals surface area contributed by atoms with Crippen LogP contribution in [0.4, 0.5) is 5.69 Å². The highest BCUT2D eigenvalue weighted by atomic mass is 16.5. The van der Waals surface area contributed by atoms with E-state index in [-0.39, 0.29) is 5.91 Å². The summed E-state index contributed by atoms with van der Waals surface area (Å²) in [5.41, 5.74) is 3.45. The number of ether oxygens (including phenoxy) is 1. The van der Waals surface area contributed by atoms with Gasteiger partial charge in [0.05, 0.1) is 0 Å². The number of amides is 1. The van der Waals surface area contributed by atoms with E-state index < -0.39 is 0 Å². The van der Waals surface area contributed by atoms with Gasteiger partial charge in [0.25, 0.3) is 5.91 Å². The number of rotatable bonds is 5. The number of anilines is 1. The van der Waals surface area contributed by atoms with Crippen molar-refractivity contribution in [2.45, 2.75) is 20.8 Å². The van der Waals surface area contributed by atoms with E-state index in [2.05, 4.69) is 15.3 Å². The number of hydrogen-bond acceptors (Lipinski definition) is 4. The Kier molecular flexibility index (Phi) is 5.30. The van der Waals surface area contributed by atoms with Crippen molar-refractivity contribution < 1.29 is 9.53 Å². The summed E-state index contributed by atoms with van der Waals surface area (Å²) in [7, 11) is 0. The smallest absolute Gasteiger partial charge is 0.255 e. The molecule has 150 valence electrons. The minimum atomic E-state index is -0.141. The summed E-state index contributed by atoms with van der Waals surface area (Å²) in [5.74, 6) is 2.29. The Morgan fingerprint density at radius 2 is 1.57 bits per heavy atom. The number of benzene rings is 2. The maximum absolute atomic E-state index is 12.5.